The number of carbonyl (C=O) groups excluding carboxylic acids is 1. The second-order valence-corrected chi connectivity index (χ2v) is 9.49. The summed E-state index contributed by atoms with van der Waals surface area (Å²) in [6.07, 6.45) is 5.24. The molecule has 4 rings (SSSR count). The lowest BCUT2D eigenvalue weighted by atomic mass is 9.92. The van der Waals surface area contributed by atoms with E-state index in [0.717, 1.165) is 24.8 Å². The fraction of sp³-hybridized carbons (Fsp3) is 0.409. The molecule has 2 aliphatic rings. The molecule has 148 valence electrons. The molecule has 0 atom stereocenters. The number of benzene rings is 2. The van der Waals surface area contributed by atoms with Gasteiger partial charge in [0.2, 0.25) is 10.0 Å². The molecule has 1 saturated heterocycles. The molecule has 0 saturated carbocycles. The lowest BCUT2D eigenvalue weighted by Crippen LogP contribution is -2.41. The summed E-state index contributed by atoms with van der Waals surface area (Å²) in [5.74, 6) is -0.0242. The summed E-state index contributed by atoms with van der Waals surface area (Å²) in [5.41, 5.74) is 2.43. The summed E-state index contributed by atoms with van der Waals surface area (Å²) in [5, 5.41) is 0. The van der Waals surface area contributed by atoms with Gasteiger partial charge in [0.1, 0.15) is 5.75 Å². The third-order valence-corrected chi connectivity index (χ3v) is 7.60. The van der Waals surface area contributed by atoms with E-state index in [2.05, 4.69) is 0 Å². The van der Waals surface area contributed by atoms with Gasteiger partial charge in [-0.05, 0) is 73.9 Å². The van der Waals surface area contributed by atoms with Crippen LogP contribution >= 0.6 is 0 Å². The zero-order valence-corrected chi connectivity index (χ0v) is 16.7. The van der Waals surface area contributed by atoms with Gasteiger partial charge in [-0.1, -0.05) is 24.3 Å². The first-order chi connectivity index (χ1) is 13.5. The van der Waals surface area contributed by atoms with Crippen molar-refractivity contribution in [1.82, 2.24) is 4.31 Å². The van der Waals surface area contributed by atoms with Gasteiger partial charge in [0, 0.05) is 13.1 Å². The highest BCUT2D eigenvalue weighted by Gasteiger charge is 2.33. The Morgan fingerprint density at radius 2 is 1.61 bits per heavy atom. The quantitative estimate of drug-likeness (QED) is 0.582. The Morgan fingerprint density at radius 1 is 0.929 bits per heavy atom. The molecular weight excluding hydrogens is 374 g/mol. The van der Waals surface area contributed by atoms with Crippen LogP contribution in [0.1, 0.15) is 36.8 Å². The highest BCUT2D eigenvalue weighted by Crippen LogP contribution is 2.28. The van der Waals surface area contributed by atoms with Gasteiger partial charge in [-0.2, -0.15) is 4.31 Å². The highest BCUT2D eigenvalue weighted by atomic mass is 32.2. The van der Waals surface area contributed by atoms with Crippen LogP contribution in [0.25, 0.3) is 0 Å². The SMILES string of the molecule is O=C(Oc1ccccc1)C1CCN(S(=O)(=O)c2ccc3c(c2)CCCC3)CC1. The Balaban J connectivity index is 1.41. The summed E-state index contributed by atoms with van der Waals surface area (Å²) < 4.78 is 33.0. The lowest BCUT2D eigenvalue weighted by Gasteiger charge is -2.30. The molecule has 0 aromatic heterocycles. The molecule has 2 aromatic rings. The Morgan fingerprint density at radius 3 is 2.32 bits per heavy atom. The monoisotopic (exact) mass is 399 g/mol. The summed E-state index contributed by atoms with van der Waals surface area (Å²) in [6.45, 7) is 0.682. The maximum Gasteiger partial charge on any atom is 0.314 e. The smallest absolute Gasteiger partial charge is 0.314 e. The normalized spacial score (nSPS) is 18.4. The number of rotatable bonds is 4. The van der Waals surface area contributed by atoms with Gasteiger partial charge in [0.25, 0.3) is 0 Å². The average molecular weight is 400 g/mol. The van der Waals surface area contributed by atoms with Gasteiger partial charge in [0.15, 0.2) is 0 Å². The highest BCUT2D eigenvalue weighted by molar-refractivity contribution is 7.89. The predicted octanol–water partition coefficient (Wildman–Crippen LogP) is 3.57. The molecule has 28 heavy (non-hydrogen) atoms. The standard InChI is InChI=1S/C22H25NO4S/c24-22(27-20-8-2-1-3-9-20)18-12-14-23(15-13-18)28(25,26)21-11-10-17-6-4-5-7-19(17)16-21/h1-3,8-11,16,18H,4-7,12-15H2. The van der Waals surface area contributed by atoms with Crippen molar-refractivity contribution in [3.05, 3.63) is 59.7 Å². The Hall–Kier alpha value is -2.18. The van der Waals surface area contributed by atoms with E-state index >= 15 is 0 Å². The fourth-order valence-electron chi connectivity index (χ4n) is 4.04. The predicted molar refractivity (Wildman–Crippen MR) is 107 cm³/mol. The van der Waals surface area contributed by atoms with E-state index in [4.69, 9.17) is 4.74 Å². The third-order valence-electron chi connectivity index (χ3n) is 5.71. The third kappa shape index (κ3) is 3.98. The first-order valence-corrected chi connectivity index (χ1v) is 11.4. The maximum atomic E-state index is 13.1. The number of ether oxygens (including phenoxy) is 1. The number of hydrogen-bond acceptors (Lipinski definition) is 4. The van der Waals surface area contributed by atoms with E-state index < -0.39 is 10.0 Å². The van der Waals surface area contributed by atoms with Crippen molar-refractivity contribution in [3.8, 4) is 5.75 Å². The molecular formula is C22H25NO4S. The fourth-order valence-corrected chi connectivity index (χ4v) is 5.56. The van der Waals surface area contributed by atoms with Gasteiger partial charge in [-0.25, -0.2) is 8.42 Å². The summed E-state index contributed by atoms with van der Waals surface area (Å²) in [4.78, 5) is 12.7. The lowest BCUT2D eigenvalue weighted by molar-refractivity contribution is -0.140. The summed E-state index contributed by atoms with van der Waals surface area (Å²) >= 11 is 0. The zero-order valence-electron chi connectivity index (χ0n) is 15.8. The van der Waals surface area contributed by atoms with Crippen LogP contribution in [0.2, 0.25) is 0 Å². The molecule has 1 heterocycles. The number of aryl methyl sites for hydroxylation is 2. The van der Waals surface area contributed by atoms with E-state index in [0.29, 0.717) is 36.6 Å². The van der Waals surface area contributed by atoms with Crippen molar-refractivity contribution in [3.63, 3.8) is 0 Å². The van der Waals surface area contributed by atoms with Gasteiger partial charge < -0.3 is 4.74 Å². The first-order valence-electron chi connectivity index (χ1n) is 9.93. The largest absolute Gasteiger partial charge is 0.426 e. The average Bonchev–Trinajstić information content (AvgIpc) is 2.74. The van der Waals surface area contributed by atoms with Crippen LogP contribution in [0, 0.1) is 5.92 Å². The van der Waals surface area contributed by atoms with Gasteiger partial charge in [-0.3, -0.25) is 4.79 Å². The van der Waals surface area contributed by atoms with E-state index in [1.54, 1.807) is 18.2 Å². The number of esters is 1. The molecule has 1 aliphatic heterocycles. The number of para-hydroxylation sites is 1. The van der Waals surface area contributed by atoms with E-state index in [-0.39, 0.29) is 11.9 Å². The van der Waals surface area contributed by atoms with Crippen molar-refractivity contribution in [2.45, 2.75) is 43.4 Å². The van der Waals surface area contributed by atoms with Crippen molar-refractivity contribution in [2.75, 3.05) is 13.1 Å². The second kappa shape index (κ2) is 8.05. The van der Waals surface area contributed by atoms with Crippen molar-refractivity contribution >= 4 is 16.0 Å². The number of hydrogen-bond donors (Lipinski definition) is 0. The Kier molecular flexibility index (Phi) is 5.51. The number of nitrogens with zero attached hydrogens (tertiary/aromatic N) is 1. The van der Waals surface area contributed by atoms with Gasteiger partial charge in [-0.15, -0.1) is 0 Å². The van der Waals surface area contributed by atoms with Crippen LogP contribution in [-0.4, -0.2) is 31.8 Å². The number of sulfonamides is 1. The second-order valence-electron chi connectivity index (χ2n) is 7.55. The number of carbonyl (C=O) groups is 1. The molecule has 0 unspecified atom stereocenters. The minimum atomic E-state index is -3.52. The molecule has 0 amide bonds. The molecule has 6 heteroatoms. The zero-order chi connectivity index (χ0) is 19.6. The Labute approximate surface area is 166 Å². The maximum absolute atomic E-state index is 13.1. The Bertz CT molecular complexity index is 948. The van der Waals surface area contributed by atoms with Crippen molar-refractivity contribution in [2.24, 2.45) is 5.92 Å². The molecule has 5 nitrogen and oxygen atoms in total. The van der Waals surface area contributed by atoms with Crippen LogP contribution in [0.15, 0.2) is 53.4 Å². The van der Waals surface area contributed by atoms with Crippen LogP contribution in [0.3, 0.4) is 0 Å². The summed E-state index contributed by atoms with van der Waals surface area (Å²) in [7, 11) is -3.52. The summed E-state index contributed by atoms with van der Waals surface area (Å²) in [6, 6.07) is 14.5. The van der Waals surface area contributed by atoms with Crippen molar-refractivity contribution < 1.29 is 17.9 Å². The van der Waals surface area contributed by atoms with Crippen LogP contribution in [-0.2, 0) is 27.7 Å². The van der Waals surface area contributed by atoms with Crippen LogP contribution in [0.5, 0.6) is 5.75 Å². The molecule has 1 fully saturated rings. The van der Waals surface area contributed by atoms with E-state index in [1.165, 1.54) is 16.3 Å². The minimum absolute atomic E-state index is 0.268. The number of fused-ring (bicyclic) bond motifs is 1. The van der Waals surface area contributed by atoms with E-state index in [9.17, 15) is 13.2 Å². The van der Waals surface area contributed by atoms with E-state index in [1.807, 2.05) is 30.3 Å². The van der Waals surface area contributed by atoms with Crippen LogP contribution in [0.4, 0.5) is 0 Å². The molecule has 0 N–H and O–H groups in total. The van der Waals surface area contributed by atoms with Crippen molar-refractivity contribution in [1.29, 1.82) is 0 Å². The number of piperidine rings is 1. The molecule has 2 aromatic carbocycles. The molecule has 0 bridgehead atoms. The van der Waals surface area contributed by atoms with Crippen LogP contribution < -0.4 is 4.74 Å². The molecule has 1 aliphatic carbocycles. The van der Waals surface area contributed by atoms with Gasteiger partial charge >= 0.3 is 5.97 Å². The minimum Gasteiger partial charge on any atom is -0.426 e. The molecule has 0 spiro atoms. The topological polar surface area (TPSA) is 63.7 Å². The molecule has 0 radical (unpaired) electrons. The van der Waals surface area contributed by atoms with Gasteiger partial charge in [0.05, 0.1) is 10.8 Å². The first kappa shape index (κ1) is 19.2.